The van der Waals surface area contributed by atoms with E-state index in [1.807, 2.05) is 0 Å². The van der Waals surface area contributed by atoms with Gasteiger partial charge >= 0.3 is 0 Å². The standard InChI is InChI=1S/C33H32N4/c1-21-26(36-22(2)34(4)28-17-6-11-24-13-8-19-30(36)32(24)28)15-10-16-27(21)37-23(3)35(5)29-18-7-12-25-14-9-20-31(37)33(25)29/h6-20,22-23H,1-5H3/t22-,23+. The molecule has 0 spiro atoms. The second-order valence-electron chi connectivity index (χ2n) is 10.5. The van der Waals surface area contributed by atoms with Gasteiger partial charge in [-0.2, -0.15) is 0 Å². The number of rotatable bonds is 2. The van der Waals surface area contributed by atoms with E-state index in [9.17, 15) is 0 Å². The largest absolute Gasteiger partial charge is 0.354 e. The van der Waals surface area contributed by atoms with Crippen LogP contribution in [0.1, 0.15) is 19.4 Å². The highest BCUT2D eigenvalue weighted by atomic mass is 15.4. The first-order valence-electron chi connectivity index (χ1n) is 13.1. The molecule has 2 heterocycles. The van der Waals surface area contributed by atoms with Gasteiger partial charge in [0.05, 0.1) is 11.4 Å². The van der Waals surface area contributed by atoms with Crippen molar-refractivity contribution in [2.75, 3.05) is 33.7 Å². The lowest BCUT2D eigenvalue weighted by atomic mass is 9.98. The van der Waals surface area contributed by atoms with E-state index in [-0.39, 0.29) is 12.3 Å². The van der Waals surface area contributed by atoms with Gasteiger partial charge in [0.15, 0.2) is 0 Å². The third-order valence-electron chi connectivity index (χ3n) is 8.66. The molecule has 0 amide bonds. The van der Waals surface area contributed by atoms with Crippen LogP contribution in [0.25, 0.3) is 21.5 Å². The van der Waals surface area contributed by atoms with Crippen LogP contribution in [0.4, 0.5) is 34.1 Å². The third-order valence-corrected chi connectivity index (χ3v) is 8.66. The summed E-state index contributed by atoms with van der Waals surface area (Å²) in [6, 6.07) is 33.4. The number of benzene rings is 5. The zero-order chi connectivity index (χ0) is 25.4. The molecule has 2 aliphatic rings. The Hall–Kier alpha value is -4.18. The van der Waals surface area contributed by atoms with Crippen molar-refractivity contribution in [2.24, 2.45) is 0 Å². The SMILES string of the molecule is Cc1c(N2c3cccc4cccc(c34)N(C)[C@H]2C)cccc1N1c2cccc3cccc(c23)N(C)[C@@H]1C. The first kappa shape index (κ1) is 22.1. The smallest absolute Gasteiger partial charge is 0.103 e. The Balaban J connectivity index is 1.45. The van der Waals surface area contributed by atoms with Crippen molar-refractivity contribution in [3.05, 3.63) is 96.6 Å². The van der Waals surface area contributed by atoms with Gasteiger partial charge < -0.3 is 19.6 Å². The summed E-state index contributed by atoms with van der Waals surface area (Å²) in [7, 11) is 4.42. The number of hydrogen-bond donors (Lipinski definition) is 0. The predicted molar refractivity (Wildman–Crippen MR) is 159 cm³/mol. The van der Waals surface area contributed by atoms with Gasteiger partial charge in [-0.25, -0.2) is 0 Å². The summed E-state index contributed by atoms with van der Waals surface area (Å²) in [5, 5.41) is 5.20. The minimum Gasteiger partial charge on any atom is -0.354 e. The molecule has 4 nitrogen and oxygen atoms in total. The van der Waals surface area contributed by atoms with Gasteiger partial charge in [0.2, 0.25) is 0 Å². The van der Waals surface area contributed by atoms with E-state index in [2.05, 4.69) is 145 Å². The van der Waals surface area contributed by atoms with Crippen molar-refractivity contribution < 1.29 is 0 Å². The first-order chi connectivity index (χ1) is 18.0. The molecule has 0 unspecified atom stereocenters. The molecule has 0 radical (unpaired) electrons. The molecule has 4 heteroatoms. The summed E-state index contributed by atoms with van der Waals surface area (Å²) in [6.45, 7) is 6.88. The molecule has 0 N–H and O–H groups in total. The summed E-state index contributed by atoms with van der Waals surface area (Å²) in [5.74, 6) is 0. The molecule has 2 aliphatic heterocycles. The van der Waals surface area contributed by atoms with Gasteiger partial charge in [0.1, 0.15) is 12.3 Å². The highest BCUT2D eigenvalue weighted by Crippen LogP contribution is 2.49. The number of nitrogens with zero attached hydrogens (tertiary/aromatic N) is 4. The lowest BCUT2D eigenvalue weighted by molar-refractivity contribution is 0.680. The van der Waals surface area contributed by atoms with Crippen molar-refractivity contribution in [3.8, 4) is 0 Å². The molecule has 0 saturated carbocycles. The summed E-state index contributed by atoms with van der Waals surface area (Å²) in [4.78, 5) is 9.83. The Bertz CT molecular complexity index is 1560. The molecule has 0 aliphatic carbocycles. The van der Waals surface area contributed by atoms with Gasteiger partial charge in [-0.1, -0.05) is 54.6 Å². The van der Waals surface area contributed by atoms with Gasteiger partial charge in [-0.05, 0) is 73.5 Å². The Morgan fingerprint density at radius 2 is 0.784 bits per heavy atom. The minimum atomic E-state index is 0.181. The molecule has 0 bridgehead atoms. The molecule has 0 fully saturated rings. The number of anilines is 6. The lowest BCUT2D eigenvalue weighted by Crippen LogP contribution is -2.46. The van der Waals surface area contributed by atoms with E-state index in [0.29, 0.717) is 0 Å². The number of hydrogen-bond acceptors (Lipinski definition) is 4. The average Bonchev–Trinajstić information content (AvgIpc) is 2.92. The van der Waals surface area contributed by atoms with Crippen molar-refractivity contribution >= 4 is 55.7 Å². The van der Waals surface area contributed by atoms with Gasteiger partial charge in [-0.15, -0.1) is 0 Å². The summed E-state index contributed by atoms with van der Waals surface area (Å²) in [6.07, 6.45) is 0.361. The van der Waals surface area contributed by atoms with E-state index in [1.165, 1.54) is 61.2 Å². The van der Waals surface area contributed by atoms with Crippen LogP contribution in [0.3, 0.4) is 0 Å². The fourth-order valence-electron chi connectivity index (χ4n) is 6.54. The molecular weight excluding hydrogens is 452 g/mol. The van der Waals surface area contributed by atoms with Crippen molar-refractivity contribution in [1.29, 1.82) is 0 Å². The van der Waals surface area contributed by atoms with Gasteiger partial charge in [-0.3, -0.25) is 0 Å². The molecule has 7 rings (SSSR count). The molecule has 0 aromatic heterocycles. The zero-order valence-electron chi connectivity index (χ0n) is 22.1. The first-order valence-corrected chi connectivity index (χ1v) is 13.1. The predicted octanol–water partition coefficient (Wildman–Crippen LogP) is 8.17. The van der Waals surface area contributed by atoms with Crippen molar-refractivity contribution in [2.45, 2.75) is 33.1 Å². The fraction of sp³-hybridized carbons (Fsp3) is 0.212. The van der Waals surface area contributed by atoms with Crippen LogP contribution in [-0.2, 0) is 0 Å². The Kier molecular flexibility index (Phi) is 4.71. The Morgan fingerprint density at radius 3 is 1.19 bits per heavy atom. The minimum absolute atomic E-state index is 0.181. The molecule has 37 heavy (non-hydrogen) atoms. The average molecular weight is 485 g/mol. The summed E-state index contributed by atoms with van der Waals surface area (Å²) >= 11 is 0. The molecule has 0 saturated heterocycles. The van der Waals surface area contributed by atoms with E-state index in [1.54, 1.807) is 0 Å². The highest BCUT2D eigenvalue weighted by Gasteiger charge is 2.33. The summed E-state index contributed by atoms with van der Waals surface area (Å²) in [5.41, 5.74) is 8.92. The van der Waals surface area contributed by atoms with Crippen LogP contribution in [0.2, 0.25) is 0 Å². The maximum absolute atomic E-state index is 2.51. The lowest BCUT2D eigenvalue weighted by Gasteiger charge is -2.46. The van der Waals surface area contributed by atoms with Crippen LogP contribution in [0.5, 0.6) is 0 Å². The van der Waals surface area contributed by atoms with E-state index in [4.69, 9.17) is 0 Å². The maximum Gasteiger partial charge on any atom is 0.103 e. The van der Waals surface area contributed by atoms with Gasteiger partial charge in [0, 0.05) is 47.6 Å². The van der Waals surface area contributed by atoms with E-state index >= 15 is 0 Å². The summed E-state index contributed by atoms with van der Waals surface area (Å²) < 4.78 is 0. The quantitative estimate of drug-likeness (QED) is 0.250. The Labute approximate surface area is 218 Å². The Morgan fingerprint density at radius 1 is 0.459 bits per heavy atom. The van der Waals surface area contributed by atoms with E-state index < -0.39 is 0 Å². The molecule has 5 aromatic rings. The van der Waals surface area contributed by atoms with Crippen molar-refractivity contribution in [1.82, 2.24) is 0 Å². The molecule has 5 aromatic carbocycles. The van der Waals surface area contributed by atoms with Gasteiger partial charge in [0.25, 0.3) is 0 Å². The third kappa shape index (κ3) is 2.96. The topological polar surface area (TPSA) is 13.0 Å². The van der Waals surface area contributed by atoms with Crippen LogP contribution in [-0.4, -0.2) is 26.4 Å². The maximum atomic E-state index is 2.51. The zero-order valence-corrected chi connectivity index (χ0v) is 22.1. The molecule has 184 valence electrons. The van der Waals surface area contributed by atoms with Crippen LogP contribution in [0, 0.1) is 6.92 Å². The van der Waals surface area contributed by atoms with Crippen molar-refractivity contribution in [3.63, 3.8) is 0 Å². The highest BCUT2D eigenvalue weighted by molar-refractivity contribution is 6.09. The molecular formula is C33H32N4. The second-order valence-corrected chi connectivity index (χ2v) is 10.5. The van der Waals surface area contributed by atoms with E-state index in [0.717, 1.165) is 0 Å². The monoisotopic (exact) mass is 484 g/mol. The molecule has 2 atom stereocenters. The van der Waals surface area contributed by atoms with Crippen LogP contribution in [0.15, 0.2) is 91.0 Å². The van der Waals surface area contributed by atoms with Crippen LogP contribution >= 0.6 is 0 Å². The normalized spacial score (nSPS) is 18.7. The second kappa shape index (κ2) is 7.91. The van der Waals surface area contributed by atoms with Crippen LogP contribution < -0.4 is 19.6 Å². The fourth-order valence-corrected chi connectivity index (χ4v) is 6.54.